The Balaban J connectivity index is 0.878. The molecule has 0 amide bonds. The zero-order valence-corrected chi connectivity index (χ0v) is 41.4. The number of anilines is 6. The van der Waals surface area contributed by atoms with E-state index < -0.39 is 0 Å². The Bertz CT molecular complexity index is 4640. The van der Waals surface area contributed by atoms with Gasteiger partial charge in [0.2, 0.25) is 0 Å². The molecule has 14 rings (SSSR count). The van der Waals surface area contributed by atoms with Gasteiger partial charge in [-0.15, -0.1) is 0 Å². The summed E-state index contributed by atoms with van der Waals surface area (Å²) in [6.45, 7) is 10.6. The highest BCUT2D eigenvalue weighted by atomic mass is 16.3. The molecule has 0 radical (unpaired) electrons. The smallest absolute Gasteiger partial charge is 0.142 e. The first-order chi connectivity index (χ1) is 35.8. The Morgan fingerprint density at radius 3 is 1.45 bits per heavy atom. The van der Waals surface area contributed by atoms with Crippen LogP contribution in [0, 0.1) is 13.8 Å². The summed E-state index contributed by atoms with van der Waals surface area (Å²) >= 11 is 0. The van der Waals surface area contributed by atoms with Gasteiger partial charge in [-0.1, -0.05) is 85.5 Å². The Kier molecular flexibility index (Phi) is 9.42. The molecule has 0 bridgehead atoms. The molecule has 0 spiro atoms. The van der Waals surface area contributed by atoms with Crippen LogP contribution in [0.4, 0.5) is 34.1 Å². The van der Waals surface area contributed by atoms with E-state index in [0.29, 0.717) is 0 Å². The summed E-state index contributed by atoms with van der Waals surface area (Å²) < 4.78 is 18.3. The molecule has 0 aliphatic carbocycles. The first-order valence-electron chi connectivity index (χ1n) is 25.0. The molecule has 6 heteroatoms. The molecule has 0 aliphatic heterocycles. The van der Waals surface area contributed by atoms with Crippen LogP contribution in [0.2, 0.25) is 0 Å². The Morgan fingerprint density at radius 1 is 0.425 bits per heavy atom. The number of benzene rings is 10. The second-order valence-electron chi connectivity index (χ2n) is 19.5. The van der Waals surface area contributed by atoms with Gasteiger partial charge in [0, 0.05) is 119 Å². The van der Waals surface area contributed by atoms with Crippen LogP contribution in [0.15, 0.2) is 203 Å². The Morgan fingerprint density at radius 2 is 0.904 bits per heavy atom. The maximum absolute atomic E-state index is 6.91. The lowest BCUT2D eigenvalue weighted by atomic mass is 9.96. The van der Waals surface area contributed by atoms with Crippen LogP contribution < -0.4 is 9.80 Å². The van der Waals surface area contributed by atoms with E-state index in [1.807, 2.05) is 6.08 Å². The summed E-state index contributed by atoms with van der Waals surface area (Å²) in [5, 5.41) is 12.6. The second-order valence-corrected chi connectivity index (χ2v) is 19.5. The monoisotopic (exact) mass is 942 g/mol. The summed E-state index contributed by atoms with van der Waals surface area (Å²) in [5.74, 6) is 0. The number of hydrogen-bond acceptors (Lipinski definition) is 4. The third kappa shape index (κ3) is 6.36. The molecule has 14 aromatic rings. The van der Waals surface area contributed by atoms with Crippen molar-refractivity contribution >= 4 is 144 Å². The summed E-state index contributed by atoms with van der Waals surface area (Å²) in [6, 6.07) is 66.0. The number of hydrogen-bond donors (Lipinski definition) is 0. The van der Waals surface area contributed by atoms with Gasteiger partial charge in [-0.2, -0.15) is 0 Å². The molecule has 0 saturated heterocycles. The minimum absolute atomic E-state index is 0.854. The van der Waals surface area contributed by atoms with Crippen LogP contribution in [0.1, 0.15) is 29.3 Å². The van der Waals surface area contributed by atoms with Crippen molar-refractivity contribution in [1.82, 2.24) is 9.13 Å². The molecular weight excluding hydrogens is 893 g/mol. The lowest BCUT2D eigenvalue weighted by Crippen LogP contribution is -2.09. The summed E-state index contributed by atoms with van der Waals surface area (Å²) in [4.78, 5) is 4.69. The first-order valence-corrected chi connectivity index (χ1v) is 25.0. The third-order valence-corrected chi connectivity index (χ3v) is 15.4. The number of furan rings is 2. The highest BCUT2D eigenvalue weighted by molar-refractivity contribution is 6.22. The van der Waals surface area contributed by atoms with Gasteiger partial charge >= 0.3 is 0 Å². The van der Waals surface area contributed by atoms with Crippen LogP contribution in [0.3, 0.4) is 0 Å². The van der Waals surface area contributed by atoms with Gasteiger partial charge in [0.1, 0.15) is 22.3 Å². The number of aryl methyl sites for hydroxylation is 4. The summed E-state index contributed by atoms with van der Waals surface area (Å²) in [7, 11) is 4.27. The number of para-hydroxylation sites is 3. The molecule has 0 saturated carbocycles. The average molecular weight is 943 g/mol. The highest BCUT2D eigenvalue weighted by Crippen LogP contribution is 2.47. The highest BCUT2D eigenvalue weighted by Gasteiger charge is 2.24. The van der Waals surface area contributed by atoms with Crippen LogP contribution in [0.5, 0.6) is 0 Å². The second kappa shape index (κ2) is 16.1. The molecule has 0 aliphatic rings. The van der Waals surface area contributed by atoms with Crippen molar-refractivity contribution in [2.45, 2.75) is 20.8 Å². The Hall–Kier alpha value is -9.26. The van der Waals surface area contributed by atoms with Crippen molar-refractivity contribution < 1.29 is 8.83 Å². The topological polar surface area (TPSA) is 42.6 Å². The number of rotatable bonds is 8. The molecule has 6 nitrogen and oxygen atoms in total. The van der Waals surface area contributed by atoms with E-state index in [2.05, 4.69) is 255 Å². The minimum Gasteiger partial charge on any atom is -0.456 e. The SMILES string of the molecule is C=Cc1c(/C=C\C)n(C)c2ccc(N(c3ccccc3)c3ccc4cc5c(cc4c3)oc3c(C)c4oc6cc7cc(N(c8ccccc8)c8ccc9c(c8)c8ccccc8n9C)ccc7cc6c4c(C)c35)cc12. The molecule has 0 unspecified atom stereocenters. The van der Waals surface area contributed by atoms with Gasteiger partial charge in [0.05, 0.1) is 0 Å². The van der Waals surface area contributed by atoms with Crippen LogP contribution in [-0.4, -0.2) is 9.13 Å². The molecule has 4 heterocycles. The van der Waals surface area contributed by atoms with E-state index in [1.54, 1.807) is 0 Å². The van der Waals surface area contributed by atoms with E-state index in [4.69, 9.17) is 8.83 Å². The van der Waals surface area contributed by atoms with Crippen molar-refractivity contribution in [1.29, 1.82) is 0 Å². The standard InChI is InChI=1S/C67H50N4O2/c1-7-17-58-52(8-2)54-38-50(28-30-60(54)68(58)5)70(46-18-11-9-12-19-46)48-26-24-42-34-56-62(36-44(42)32-48)72-66-41(4)67-65(40(3)64(56)66)57-35-43-25-27-49(33-45(43)37-63(57)73-67)71(47-20-13-10-14-21-47)51-29-31-61-55(39-51)53-22-15-16-23-59(53)69(61)6/h7-39H,2H2,1,3-6H3/b17-7-. The number of nitrogens with zero attached hydrogens (tertiary/aromatic N) is 4. The third-order valence-electron chi connectivity index (χ3n) is 15.4. The zero-order chi connectivity index (χ0) is 49.2. The lowest BCUT2D eigenvalue weighted by Gasteiger charge is -2.26. The fraction of sp³-hybridized carbons (Fsp3) is 0.0746. The van der Waals surface area contributed by atoms with E-state index >= 15 is 0 Å². The fourth-order valence-electron chi connectivity index (χ4n) is 12.0. The van der Waals surface area contributed by atoms with Gasteiger partial charge in [-0.05, 0) is 169 Å². The number of allylic oxidation sites excluding steroid dienone is 1. The Labute approximate surface area is 422 Å². The molecule has 73 heavy (non-hydrogen) atoms. The average Bonchev–Trinajstić information content (AvgIpc) is 4.15. The van der Waals surface area contributed by atoms with Gasteiger partial charge in [-0.3, -0.25) is 0 Å². The van der Waals surface area contributed by atoms with Gasteiger partial charge in [0.15, 0.2) is 0 Å². The largest absolute Gasteiger partial charge is 0.456 e. The van der Waals surface area contributed by atoms with E-state index in [9.17, 15) is 0 Å². The van der Waals surface area contributed by atoms with Crippen molar-refractivity contribution in [2.24, 2.45) is 14.1 Å². The number of fused-ring (bicyclic) bond motifs is 12. The van der Waals surface area contributed by atoms with Crippen molar-refractivity contribution in [2.75, 3.05) is 9.80 Å². The van der Waals surface area contributed by atoms with E-state index in [-0.39, 0.29) is 0 Å². The normalized spacial score (nSPS) is 12.2. The van der Waals surface area contributed by atoms with Gasteiger partial charge in [0.25, 0.3) is 0 Å². The molecule has 4 aromatic heterocycles. The molecule has 0 N–H and O–H groups in total. The van der Waals surface area contributed by atoms with Crippen molar-refractivity contribution in [3.63, 3.8) is 0 Å². The van der Waals surface area contributed by atoms with Gasteiger partial charge in [-0.25, -0.2) is 0 Å². The maximum Gasteiger partial charge on any atom is 0.142 e. The molecule has 350 valence electrons. The van der Waals surface area contributed by atoms with Crippen LogP contribution in [0.25, 0.3) is 110 Å². The predicted molar refractivity (Wildman–Crippen MR) is 310 cm³/mol. The van der Waals surface area contributed by atoms with Crippen molar-refractivity contribution in [3.8, 4) is 0 Å². The fourth-order valence-corrected chi connectivity index (χ4v) is 12.0. The first kappa shape index (κ1) is 42.6. The van der Waals surface area contributed by atoms with Crippen molar-refractivity contribution in [3.05, 3.63) is 217 Å². The van der Waals surface area contributed by atoms with E-state index in [0.717, 1.165) is 133 Å². The van der Waals surface area contributed by atoms with Crippen LogP contribution >= 0.6 is 0 Å². The molecule has 0 atom stereocenters. The predicted octanol–water partition coefficient (Wildman–Crippen LogP) is 19.2. The van der Waals surface area contributed by atoms with E-state index in [1.165, 1.54) is 21.8 Å². The summed E-state index contributed by atoms with van der Waals surface area (Å²) in [6.07, 6.45) is 6.21. The quantitative estimate of drug-likeness (QED) is 0.152. The van der Waals surface area contributed by atoms with Crippen LogP contribution in [-0.2, 0) is 14.1 Å². The molecule has 0 fully saturated rings. The maximum atomic E-state index is 6.91. The molecule has 10 aromatic carbocycles. The zero-order valence-electron chi connectivity index (χ0n) is 41.4. The van der Waals surface area contributed by atoms with Gasteiger partial charge < -0.3 is 27.8 Å². The molecular formula is C67H50N4O2. The number of aromatic nitrogens is 2. The summed E-state index contributed by atoms with van der Waals surface area (Å²) in [5.41, 5.74) is 17.9. The lowest BCUT2D eigenvalue weighted by molar-refractivity contribution is 0.651. The minimum atomic E-state index is 0.854.